The van der Waals surface area contributed by atoms with Gasteiger partial charge in [0, 0.05) is 37.3 Å². The van der Waals surface area contributed by atoms with Crippen molar-refractivity contribution in [2.24, 2.45) is 29.4 Å². The van der Waals surface area contributed by atoms with Crippen LogP contribution in [0.25, 0.3) is 0 Å². The summed E-state index contributed by atoms with van der Waals surface area (Å²) in [6.07, 6.45) is 2.20. The zero-order valence-electron chi connectivity index (χ0n) is 39.0. The van der Waals surface area contributed by atoms with E-state index in [1.54, 1.807) is 7.05 Å². The number of carbonyl (C=O) groups is 4. The molecular formula is C45H84N4O9Si. The summed E-state index contributed by atoms with van der Waals surface area (Å²) >= 11 is 0. The number of aliphatic hydroxyl groups is 1. The van der Waals surface area contributed by atoms with Crippen LogP contribution in [0.5, 0.6) is 0 Å². The zero-order chi connectivity index (χ0) is 46.8. The van der Waals surface area contributed by atoms with Crippen LogP contribution in [0.1, 0.15) is 102 Å². The number of carboxylic acid groups (broad SMARTS) is 3. The first-order valence-corrected chi connectivity index (χ1v) is 22.5. The molecule has 0 bridgehead atoms. The quantitative estimate of drug-likeness (QED) is 0.0500. The molecule has 0 saturated carbocycles. The topological polar surface area (TPSA) is 221 Å². The Morgan fingerprint density at radius 3 is 1.19 bits per heavy atom. The molecule has 59 heavy (non-hydrogen) atoms. The molecule has 0 saturated heterocycles. The number of aliphatic hydroxyl groups excluding tert-OH is 1. The number of hydrogen-bond donors (Lipinski definition) is 8. The summed E-state index contributed by atoms with van der Waals surface area (Å²) in [5.74, 6) is -1.57. The van der Waals surface area contributed by atoms with Crippen molar-refractivity contribution >= 4 is 42.9 Å². The third-order valence-electron chi connectivity index (χ3n) is 9.10. The minimum Gasteiger partial charge on any atom is -0.481 e. The standard InChI is InChI=1S/C23H35NOSi.C7H15NO2.C7H17NO.C4H8O.C3H4O4.CH5N/c1-19(2)22(24-6)17-18-25-26(23(3,4)5,20-13-9-7-10-14-20)21-15-11-8-12-16-21;1-5(2)6(8-3)4-7(9)10;1-6(2)7(8-3)4-5-9;1-4(2)3-5;4-2(5)1-3(6)7;1-2/h7-16,19,22,24H,17-18H2,1-6H3;5-6,8H,4H2,1-3H3,(H,9,10);6-9H,4-5H2,1-3H3;3-4H,1-2H3;1H2,(H,4,5)(H,6,7);2H2,1H3. The number of aldehydes is 1. The van der Waals surface area contributed by atoms with E-state index in [4.69, 9.17) is 24.9 Å². The molecule has 9 N–H and O–H groups in total. The first-order chi connectivity index (χ1) is 27.5. The van der Waals surface area contributed by atoms with Crippen molar-refractivity contribution in [3.63, 3.8) is 0 Å². The number of nitrogens with two attached hydrogens (primary N) is 1. The predicted octanol–water partition coefficient (Wildman–Crippen LogP) is 5.48. The molecule has 0 heterocycles. The maximum absolute atomic E-state index is 10.2. The lowest BCUT2D eigenvalue weighted by Gasteiger charge is -2.43. The van der Waals surface area contributed by atoms with Crippen LogP contribution in [0.2, 0.25) is 5.04 Å². The molecule has 0 amide bonds. The molecule has 0 aliphatic heterocycles. The van der Waals surface area contributed by atoms with Crippen LogP contribution in [0.4, 0.5) is 0 Å². The lowest BCUT2D eigenvalue weighted by Crippen LogP contribution is -2.66. The Morgan fingerprint density at radius 1 is 0.661 bits per heavy atom. The predicted molar refractivity (Wildman–Crippen MR) is 246 cm³/mol. The van der Waals surface area contributed by atoms with Crippen molar-refractivity contribution in [2.45, 2.75) is 125 Å². The van der Waals surface area contributed by atoms with E-state index in [2.05, 4.69) is 131 Å². The fraction of sp³-hybridized carbons (Fsp3) is 0.644. The number of rotatable bonds is 19. The third kappa shape index (κ3) is 29.4. The number of benzene rings is 2. The van der Waals surface area contributed by atoms with Gasteiger partial charge < -0.3 is 51.3 Å². The van der Waals surface area contributed by atoms with Crippen molar-refractivity contribution in [3.8, 4) is 0 Å². The Balaban J connectivity index is -0.000000376. The lowest BCUT2D eigenvalue weighted by molar-refractivity contribution is -0.147. The molecule has 0 fully saturated rings. The van der Waals surface area contributed by atoms with Gasteiger partial charge in [-0.2, -0.15) is 0 Å². The fourth-order valence-electron chi connectivity index (χ4n) is 5.85. The highest BCUT2D eigenvalue weighted by Crippen LogP contribution is 2.36. The highest BCUT2D eigenvalue weighted by Gasteiger charge is 2.50. The van der Waals surface area contributed by atoms with E-state index < -0.39 is 32.6 Å². The summed E-state index contributed by atoms with van der Waals surface area (Å²) in [7, 11) is 4.87. The van der Waals surface area contributed by atoms with Gasteiger partial charge in [0.15, 0.2) is 0 Å². The molecule has 0 spiro atoms. The average molecular weight is 853 g/mol. The van der Waals surface area contributed by atoms with E-state index in [0.29, 0.717) is 29.8 Å². The number of aliphatic carboxylic acids is 3. The van der Waals surface area contributed by atoms with E-state index in [0.717, 1.165) is 25.7 Å². The van der Waals surface area contributed by atoms with Crippen LogP contribution in [0.3, 0.4) is 0 Å². The van der Waals surface area contributed by atoms with Crippen molar-refractivity contribution < 1.29 is 44.0 Å². The molecule has 0 aliphatic rings. The molecule has 2 aromatic rings. The molecule has 2 rings (SSSR count). The van der Waals surface area contributed by atoms with Crippen molar-refractivity contribution in [1.82, 2.24) is 16.0 Å². The summed E-state index contributed by atoms with van der Waals surface area (Å²) in [6, 6.07) is 22.8. The van der Waals surface area contributed by atoms with Crippen LogP contribution in [-0.2, 0) is 23.6 Å². The molecule has 3 atom stereocenters. The summed E-state index contributed by atoms with van der Waals surface area (Å²) in [5, 5.41) is 44.7. The molecule has 2 aromatic carbocycles. The summed E-state index contributed by atoms with van der Waals surface area (Å²) in [4.78, 5) is 38.6. The Morgan fingerprint density at radius 2 is 1.00 bits per heavy atom. The van der Waals surface area contributed by atoms with Gasteiger partial charge in [-0.1, -0.05) is 137 Å². The maximum atomic E-state index is 10.2. The van der Waals surface area contributed by atoms with Gasteiger partial charge in [0.1, 0.15) is 12.7 Å². The molecular weight excluding hydrogens is 769 g/mol. The molecule has 0 radical (unpaired) electrons. The van der Waals surface area contributed by atoms with Gasteiger partial charge in [-0.3, -0.25) is 14.4 Å². The number of nitrogens with one attached hydrogen (secondary N) is 3. The first-order valence-electron chi connectivity index (χ1n) is 20.6. The van der Waals surface area contributed by atoms with Gasteiger partial charge in [-0.25, -0.2) is 0 Å². The monoisotopic (exact) mass is 853 g/mol. The van der Waals surface area contributed by atoms with E-state index in [-0.39, 0.29) is 30.0 Å². The van der Waals surface area contributed by atoms with Gasteiger partial charge in [-0.05, 0) is 74.2 Å². The molecule has 14 heteroatoms. The van der Waals surface area contributed by atoms with Gasteiger partial charge in [-0.15, -0.1) is 0 Å². The second-order valence-electron chi connectivity index (χ2n) is 16.2. The largest absolute Gasteiger partial charge is 0.481 e. The Bertz CT molecular complexity index is 1270. The second kappa shape index (κ2) is 36.4. The lowest BCUT2D eigenvalue weighted by atomic mass is 10.0. The van der Waals surface area contributed by atoms with Crippen LogP contribution in [-0.4, -0.2) is 112 Å². The molecule has 3 unspecified atom stereocenters. The number of carbonyl (C=O) groups excluding carboxylic acids is 1. The van der Waals surface area contributed by atoms with E-state index in [1.165, 1.54) is 17.4 Å². The minimum atomic E-state index is -2.39. The van der Waals surface area contributed by atoms with Gasteiger partial charge in [0.25, 0.3) is 8.32 Å². The summed E-state index contributed by atoms with van der Waals surface area (Å²) in [6.45, 7) is 24.6. The van der Waals surface area contributed by atoms with Gasteiger partial charge >= 0.3 is 17.9 Å². The fourth-order valence-corrected chi connectivity index (χ4v) is 10.4. The van der Waals surface area contributed by atoms with Gasteiger partial charge in [0.05, 0.1) is 6.42 Å². The average Bonchev–Trinajstić information content (AvgIpc) is 3.17. The Hall–Kier alpha value is -3.50. The first kappa shape index (κ1) is 62.2. The number of hydrogen-bond acceptors (Lipinski definition) is 10. The van der Waals surface area contributed by atoms with Crippen molar-refractivity contribution in [1.29, 1.82) is 0 Å². The Labute approximate surface area is 358 Å². The Kier molecular flexibility index (Phi) is 38.3. The highest BCUT2D eigenvalue weighted by molar-refractivity contribution is 6.99. The van der Waals surface area contributed by atoms with E-state index >= 15 is 0 Å². The van der Waals surface area contributed by atoms with Gasteiger partial charge in [0.2, 0.25) is 0 Å². The molecule has 0 aliphatic carbocycles. The van der Waals surface area contributed by atoms with Crippen molar-refractivity contribution in [3.05, 3.63) is 60.7 Å². The second-order valence-corrected chi connectivity index (χ2v) is 20.5. The molecule has 13 nitrogen and oxygen atoms in total. The van der Waals surface area contributed by atoms with Crippen LogP contribution in [0.15, 0.2) is 60.7 Å². The molecule has 0 aromatic heterocycles. The maximum Gasteiger partial charge on any atom is 0.314 e. The summed E-state index contributed by atoms with van der Waals surface area (Å²) < 4.78 is 6.95. The van der Waals surface area contributed by atoms with E-state index in [1.807, 2.05) is 41.8 Å². The third-order valence-corrected chi connectivity index (χ3v) is 14.1. The van der Waals surface area contributed by atoms with Crippen molar-refractivity contribution in [2.75, 3.05) is 41.4 Å². The summed E-state index contributed by atoms with van der Waals surface area (Å²) in [5.41, 5.74) is 4.50. The smallest absolute Gasteiger partial charge is 0.314 e. The molecule has 342 valence electrons. The zero-order valence-corrected chi connectivity index (χ0v) is 40.0. The normalized spacial score (nSPS) is 12.4. The van der Waals surface area contributed by atoms with E-state index in [9.17, 15) is 19.2 Å². The minimum absolute atomic E-state index is 0.0443. The van der Waals surface area contributed by atoms with Crippen LogP contribution >= 0.6 is 0 Å². The van der Waals surface area contributed by atoms with Crippen LogP contribution < -0.4 is 32.1 Å². The number of carboxylic acids is 3. The highest BCUT2D eigenvalue weighted by atomic mass is 28.4. The SMILES string of the molecule is CC(C)C=O.CN.CNC(CC(=O)O)C(C)C.CNC(CCO)C(C)C.CNC(CCO[Si](c1ccccc1)(c1ccccc1)C(C)(C)C)C(C)C.O=C(O)CC(=O)O. The van der Waals surface area contributed by atoms with Crippen LogP contribution in [0, 0.1) is 23.7 Å².